The first-order valence-corrected chi connectivity index (χ1v) is 7.45. The van der Waals surface area contributed by atoms with Gasteiger partial charge >= 0.3 is 0 Å². The molecule has 0 atom stereocenters. The Morgan fingerprint density at radius 2 is 1.84 bits per heavy atom. The minimum absolute atomic E-state index is 0.0501. The van der Waals surface area contributed by atoms with Crippen molar-refractivity contribution in [3.63, 3.8) is 0 Å². The average Bonchev–Trinajstić information content (AvgIpc) is 2.96. The third kappa shape index (κ3) is 3.01. The number of nitrogens with zero attached hydrogens (tertiary/aromatic N) is 1. The van der Waals surface area contributed by atoms with Crippen LogP contribution in [0, 0.1) is 11.3 Å². The van der Waals surface area contributed by atoms with Crippen molar-refractivity contribution in [3.05, 3.63) is 0 Å². The molecule has 5 heteroatoms. The monoisotopic (exact) mass is 267 g/mol. The van der Waals surface area contributed by atoms with E-state index in [-0.39, 0.29) is 11.7 Å². The average molecular weight is 267 g/mol. The van der Waals surface area contributed by atoms with Gasteiger partial charge in [0.1, 0.15) is 5.41 Å². The number of nitrogens with one attached hydrogen (secondary N) is 1. The van der Waals surface area contributed by atoms with Gasteiger partial charge in [-0.3, -0.25) is 4.79 Å². The number of hydrogen-bond acceptors (Lipinski definition) is 3. The minimum Gasteiger partial charge on any atom is -0.409 e. The van der Waals surface area contributed by atoms with E-state index >= 15 is 0 Å². The molecule has 19 heavy (non-hydrogen) atoms. The largest absolute Gasteiger partial charge is 0.409 e. The SMILES string of the molecule is NC(=NO)C1(C(=O)NCC2CCCCC2)CCCC1. The molecule has 2 aliphatic carbocycles. The van der Waals surface area contributed by atoms with Gasteiger partial charge in [-0.2, -0.15) is 0 Å². The Morgan fingerprint density at radius 1 is 1.21 bits per heavy atom. The Balaban J connectivity index is 1.92. The van der Waals surface area contributed by atoms with Crippen LogP contribution in [-0.4, -0.2) is 23.5 Å². The Kier molecular flexibility index (Phi) is 4.66. The highest BCUT2D eigenvalue weighted by atomic mass is 16.4. The molecule has 108 valence electrons. The highest BCUT2D eigenvalue weighted by Gasteiger charge is 2.45. The zero-order valence-corrected chi connectivity index (χ0v) is 11.5. The van der Waals surface area contributed by atoms with Crippen LogP contribution in [0.5, 0.6) is 0 Å². The van der Waals surface area contributed by atoms with Crippen LogP contribution in [0.1, 0.15) is 57.8 Å². The molecule has 0 bridgehead atoms. The maximum Gasteiger partial charge on any atom is 0.233 e. The van der Waals surface area contributed by atoms with E-state index in [1.54, 1.807) is 0 Å². The summed E-state index contributed by atoms with van der Waals surface area (Å²) in [6.07, 6.45) is 9.59. The van der Waals surface area contributed by atoms with Crippen molar-refractivity contribution in [2.24, 2.45) is 22.2 Å². The van der Waals surface area contributed by atoms with Gasteiger partial charge in [-0.1, -0.05) is 37.3 Å². The fraction of sp³-hybridized carbons (Fsp3) is 0.857. The highest BCUT2D eigenvalue weighted by molar-refractivity contribution is 6.07. The van der Waals surface area contributed by atoms with Gasteiger partial charge in [0.2, 0.25) is 5.91 Å². The summed E-state index contributed by atoms with van der Waals surface area (Å²) in [5.74, 6) is 0.625. The molecule has 0 aliphatic heterocycles. The molecule has 0 spiro atoms. The van der Waals surface area contributed by atoms with Gasteiger partial charge in [-0.25, -0.2) is 0 Å². The molecule has 0 aromatic heterocycles. The van der Waals surface area contributed by atoms with Crippen LogP contribution in [0.3, 0.4) is 0 Å². The van der Waals surface area contributed by atoms with Crippen molar-refractivity contribution >= 4 is 11.7 Å². The standard InChI is InChI=1S/C14H25N3O2/c15-12(17-19)14(8-4-5-9-14)13(18)16-10-11-6-2-1-3-7-11/h11,19H,1-10H2,(H2,15,17)(H,16,18). The maximum absolute atomic E-state index is 12.4. The lowest BCUT2D eigenvalue weighted by molar-refractivity contribution is -0.127. The Morgan fingerprint density at radius 3 is 2.42 bits per heavy atom. The number of hydrogen-bond donors (Lipinski definition) is 3. The van der Waals surface area contributed by atoms with Gasteiger partial charge < -0.3 is 16.3 Å². The Bertz CT molecular complexity index is 343. The number of rotatable bonds is 4. The molecule has 0 unspecified atom stereocenters. The lowest BCUT2D eigenvalue weighted by Crippen LogP contribution is -2.49. The number of oxime groups is 1. The normalized spacial score (nSPS) is 24.3. The van der Waals surface area contributed by atoms with E-state index in [0.29, 0.717) is 18.8 Å². The first kappa shape index (κ1) is 14.2. The molecule has 4 N–H and O–H groups in total. The van der Waals surface area contributed by atoms with Gasteiger partial charge in [0.25, 0.3) is 0 Å². The predicted octanol–water partition coefficient (Wildman–Crippen LogP) is 1.99. The van der Waals surface area contributed by atoms with E-state index in [0.717, 1.165) is 19.4 Å². The van der Waals surface area contributed by atoms with Gasteiger partial charge in [0, 0.05) is 6.54 Å². The van der Waals surface area contributed by atoms with Crippen LogP contribution >= 0.6 is 0 Å². The van der Waals surface area contributed by atoms with Gasteiger partial charge in [0.15, 0.2) is 5.84 Å². The van der Waals surface area contributed by atoms with E-state index in [1.807, 2.05) is 0 Å². The van der Waals surface area contributed by atoms with Crippen LogP contribution in [0.4, 0.5) is 0 Å². The number of carbonyl (C=O) groups excluding carboxylic acids is 1. The molecule has 2 aliphatic rings. The Hall–Kier alpha value is -1.26. The molecule has 0 heterocycles. The lowest BCUT2D eigenvalue weighted by atomic mass is 9.83. The van der Waals surface area contributed by atoms with Crippen LogP contribution in [-0.2, 0) is 4.79 Å². The van der Waals surface area contributed by atoms with E-state index in [1.165, 1.54) is 32.1 Å². The molecule has 2 fully saturated rings. The summed E-state index contributed by atoms with van der Waals surface area (Å²) in [5.41, 5.74) is 5.00. The second-order valence-electron chi connectivity index (χ2n) is 5.99. The summed E-state index contributed by atoms with van der Waals surface area (Å²) in [6, 6.07) is 0. The molecular weight excluding hydrogens is 242 g/mol. The fourth-order valence-corrected chi connectivity index (χ4v) is 3.47. The van der Waals surface area contributed by atoms with E-state index < -0.39 is 5.41 Å². The number of nitrogens with two attached hydrogens (primary N) is 1. The minimum atomic E-state index is -0.760. The summed E-state index contributed by atoms with van der Waals surface area (Å²) in [6.45, 7) is 0.735. The first-order valence-electron chi connectivity index (χ1n) is 7.45. The van der Waals surface area contributed by atoms with Gasteiger partial charge in [-0.05, 0) is 31.6 Å². The first-order chi connectivity index (χ1) is 9.19. The van der Waals surface area contributed by atoms with Crippen LogP contribution in [0.15, 0.2) is 5.16 Å². The number of amides is 1. The van der Waals surface area contributed by atoms with Gasteiger partial charge in [-0.15, -0.1) is 0 Å². The molecule has 0 saturated heterocycles. The molecule has 0 radical (unpaired) electrons. The Labute approximate surface area is 114 Å². The highest BCUT2D eigenvalue weighted by Crippen LogP contribution is 2.38. The lowest BCUT2D eigenvalue weighted by Gasteiger charge is -2.28. The number of amidine groups is 1. The quantitative estimate of drug-likeness (QED) is 0.315. The van der Waals surface area contributed by atoms with Crippen LogP contribution < -0.4 is 11.1 Å². The van der Waals surface area contributed by atoms with Crippen molar-refractivity contribution in [1.29, 1.82) is 0 Å². The molecule has 2 saturated carbocycles. The van der Waals surface area contributed by atoms with Crippen molar-refractivity contribution in [2.75, 3.05) is 6.54 Å². The van der Waals surface area contributed by atoms with Crippen molar-refractivity contribution in [2.45, 2.75) is 57.8 Å². The third-order valence-electron chi connectivity index (χ3n) is 4.77. The van der Waals surface area contributed by atoms with Gasteiger partial charge in [0.05, 0.1) is 0 Å². The smallest absolute Gasteiger partial charge is 0.233 e. The summed E-state index contributed by atoms with van der Waals surface area (Å²) >= 11 is 0. The molecule has 0 aromatic rings. The molecular formula is C14H25N3O2. The van der Waals surface area contributed by atoms with Crippen LogP contribution in [0.2, 0.25) is 0 Å². The summed E-state index contributed by atoms with van der Waals surface area (Å²) < 4.78 is 0. The predicted molar refractivity (Wildman–Crippen MR) is 73.9 cm³/mol. The van der Waals surface area contributed by atoms with E-state index in [9.17, 15) is 4.79 Å². The third-order valence-corrected chi connectivity index (χ3v) is 4.77. The van der Waals surface area contributed by atoms with Crippen molar-refractivity contribution < 1.29 is 10.0 Å². The van der Waals surface area contributed by atoms with Crippen LogP contribution in [0.25, 0.3) is 0 Å². The summed E-state index contributed by atoms with van der Waals surface area (Å²) in [5, 5.41) is 15.0. The zero-order chi connectivity index (χ0) is 13.7. The second-order valence-corrected chi connectivity index (χ2v) is 5.99. The van der Waals surface area contributed by atoms with E-state index in [4.69, 9.17) is 10.9 Å². The molecule has 1 amide bonds. The maximum atomic E-state index is 12.4. The summed E-state index contributed by atoms with van der Waals surface area (Å²) in [7, 11) is 0. The van der Waals surface area contributed by atoms with Crippen molar-refractivity contribution in [3.8, 4) is 0 Å². The number of carbonyl (C=O) groups is 1. The second kappa shape index (κ2) is 6.26. The molecule has 0 aromatic carbocycles. The van der Waals surface area contributed by atoms with Crippen molar-refractivity contribution in [1.82, 2.24) is 5.32 Å². The zero-order valence-electron chi connectivity index (χ0n) is 11.5. The summed E-state index contributed by atoms with van der Waals surface area (Å²) in [4.78, 5) is 12.4. The van der Waals surface area contributed by atoms with E-state index in [2.05, 4.69) is 10.5 Å². The topological polar surface area (TPSA) is 87.7 Å². The fourth-order valence-electron chi connectivity index (χ4n) is 3.47. The molecule has 2 rings (SSSR count). The molecule has 5 nitrogen and oxygen atoms in total.